The van der Waals surface area contributed by atoms with E-state index >= 15 is 0 Å². The van der Waals surface area contributed by atoms with Crippen LogP contribution < -0.4 is 0 Å². The molecule has 1 aliphatic heterocycles. The van der Waals surface area contributed by atoms with Gasteiger partial charge in [-0.15, -0.1) is 0 Å². The van der Waals surface area contributed by atoms with Crippen molar-refractivity contribution in [3.8, 4) is 0 Å². The maximum atomic E-state index is 9.40. The Balaban J connectivity index is 2.32. The van der Waals surface area contributed by atoms with Crippen LogP contribution in [0.3, 0.4) is 0 Å². The average molecular weight is 169 g/mol. The van der Waals surface area contributed by atoms with Gasteiger partial charge in [0.2, 0.25) is 0 Å². The Morgan fingerprint density at radius 2 is 2.42 bits per heavy atom. The lowest BCUT2D eigenvalue weighted by Crippen LogP contribution is -2.38. The minimum absolute atomic E-state index is 0.0941. The highest BCUT2D eigenvalue weighted by atomic mass is 16.3. The number of nitrogens with zero attached hydrogens (tertiary/aromatic N) is 1. The molecule has 1 heterocycles. The number of hydrogen-bond acceptors (Lipinski definition) is 2. The molecule has 1 aliphatic rings. The lowest BCUT2D eigenvalue weighted by molar-refractivity contribution is 0.0757. The number of allylic oxidation sites excluding steroid dienone is 1. The van der Waals surface area contributed by atoms with E-state index in [1.54, 1.807) is 0 Å². The average Bonchev–Trinajstić information content (AvgIpc) is 2.04. The molecule has 12 heavy (non-hydrogen) atoms. The molecule has 1 atom stereocenters. The third kappa shape index (κ3) is 2.95. The fourth-order valence-corrected chi connectivity index (χ4v) is 1.62. The van der Waals surface area contributed by atoms with Crippen LogP contribution in [0.15, 0.2) is 11.6 Å². The van der Waals surface area contributed by atoms with E-state index in [0.717, 1.165) is 32.5 Å². The van der Waals surface area contributed by atoms with E-state index in [0.29, 0.717) is 0 Å². The van der Waals surface area contributed by atoms with Crippen LogP contribution in [0.4, 0.5) is 0 Å². The number of aliphatic hydroxyl groups is 1. The molecule has 0 spiro atoms. The van der Waals surface area contributed by atoms with Crippen molar-refractivity contribution in [2.45, 2.75) is 32.8 Å². The number of hydrogen-bond donors (Lipinski definition) is 1. The Bertz CT molecular complexity index is 165. The molecule has 1 fully saturated rings. The van der Waals surface area contributed by atoms with Gasteiger partial charge in [-0.1, -0.05) is 11.6 Å². The molecule has 0 saturated carbocycles. The van der Waals surface area contributed by atoms with Crippen molar-refractivity contribution in [2.75, 3.05) is 19.6 Å². The van der Waals surface area contributed by atoms with Crippen LogP contribution in [0.25, 0.3) is 0 Å². The molecule has 70 valence electrons. The van der Waals surface area contributed by atoms with Crippen molar-refractivity contribution in [2.24, 2.45) is 0 Å². The van der Waals surface area contributed by atoms with E-state index in [-0.39, 0.29) is 6.10 Å². The predicted octanol–water partition coefficient (Wildman–Crippen LogP) is 1.41. The van der Waals surface area contributed by atoms with Crippen molar-refractivity contribution in [3.05, 3.63) is 11.6 Å². The topological polar surface area (TPSA) is 23.5 Å². The third-order valence-electron chi connectivity index (χ3n) is 2.45. The molecule has 0 radical (unpaired) electrons. The summed E-state index contributed by atoms with van der Waals surface area (Å²) in [6.45, 7) is 7.22. The van der Waals surface area contributed by atoms with Crippen molar-refractivity contribution in [1.82, 2.24) is 4.90 Å². The fourth-order valence-electron chi connectivity index (χ4n) is 1.62. The predicted molar refractivity (Wildman–Crippen MR) is 51.1 cm³/mol. The Hall–Kier alpha value is -0.340. The monoisotopic (exact) mass is 169 g/mol. The van der Waals surface area contributed by atoms with E-state index in [2.05, 4.69) is 24.8 Å². The summed E-state index contributed by atoms with van der Waals surface area (Å²) in [5.41, 5.74) is 1.39. The minimum Gasteiger partial charge on any atom is -0.392 e. The smallest absolute Gasteiger partial charge is 0.0667 e. The van der Waals surface area contributed by atoms with Gasteiger partial charge in [0.1, 0.15) is 0 Å². The Labute approximate surface area is 74.9 Å². The fraction of sp³-hybridized carbons (Fsp3) is 0.800. The first-order chi connectivity index (χ1) is 5.72. The van der Waals surface area contributed by atoms with Gasteiger partial charge in [-0.3, -0.25) is 4.90 Å². The Kier molecular flexibility index (Phi) is 3.76. The lowest BCUT2D eigenvalue weighted by Gasteiger charge is -2.30. The maximum Gasteiger partial charge on any atom is 0.0667 e. The quantitative estimate of drug-likeness (QED) is 0.632. The zero-order chi connectivity index (χ0) is 8.97. The van der Waals surface area contributed by atoms with Gasteiger partial charge in [-0.2, -0.15) is 0 Å². The molecule has 2 heteroatoms. The van der Waals surface area contributed by atoms with Crippen LogP contribution in [0.5, 0.6) is 0 Å². The van der Waals surface area contributed by atoms with Gasteiger partial charge in [0, 0.05) is 13.1 Å². The van der Waals surface area contributed by atoms with Crippen LogP contribution in [0.2, 0.25) is 0 Å². The highest BCUT2D eigenvalue weighted by molar-refractivity contribution is 4.99. The van der Waals surface area contributed by atoms with E-state index in [1.807, 2.05) is 0 Å². The lowest BCUT2D eigenvalue weighted by atomic mass is 10.1. The zero-order valence-electron chi connectivity index (χ0n) is 8.08. The zero-order valence-corrected chi connectivity index (χ0v) is 8.08. The summed E-state index contributed by atoms with van der Waals surface area (Å²) in [5.74, 6) is 0. The van der Waals surface area contributed by atoms with Crippen molar-refractivity contribution >= 4 is 0 Å². The van der Waals surface area contributed by atoms with Crippen molar-refractivity contribution in [1.29, 1.82) is 0 Å². The maximum absolute atomic E-state index is 9.40. The first-order valence-corrected chi connectivity index (χ1v) is 4.74. The van der Waals surface area contributed by atoms with Gasteiger partial charge in [0.25, 0.3) is 0 Å². The SMILES string of the molecule is C/C=C(\C)CN1CCC[C@H](O)C1. The normalized spacial score (nSPS) is 27.6. The molecule has 1 saturated heterocycles. The summed E-state index contributed by atoms with van der Waals surface area (Å²) in [6.07, 6.45) is 4.16. The van der Waals surface area contributed by atoms with Crippen LogP contribution >= 0.6 is 0 Å². The molecule has 2 nitrogen and oxygen atoms in total. The van der Waals surface area contributed by atoms with Crippen LogP contribution in [0, 0.1) is 0 Å². The van der Waals surface area contributed by atoms with E-state index in [4.69, 9.17) is 0 Å². The highest BCUT2D eigenvalue weighted by Gasteiger charge is 2.16. The number of aliphatic hydroxyl groups excluding tert-OH is 1. The Morgan fingerprint density at radius 1 is 1.67 bits per heavy atom. The second-order valence-corrected chi connectivity index (χ2v) is 3.67. The van der Waals surface area contributed by atoms with Crippen molar-refractivity contribution in [3.63, 3.8) is 0 Å². The second kappa shape index (κ2) is 4.63. The van der Waals surface area contributed by atoms with Gasteiger partial charge >= 0.3 is 0 Å². The molecule has 0 unspecified atom stereocenters. The van der Waals surface area contributed by atoms with Crippen LogP contribution in [-0.4, -0.2) is 35.7 Å². The second-order valence-electron chi connectivity index (χ2n) is 3.67. The number of rotatable bonds is 2. The Morgan fingerprint density at radius 3 is 3.00 bits per heavy atom. The third-order valence-corrected chi connectivity index (χ3v) is 2.45. The molecule has 1 N–H and O–H groups in total. The highest BCUT2D eigenvalue weighted by Crippen LogP contribution is 2.10. The van der Waals surface area contributed by atoms with Gasteiger partial charge in [-0.25, -0.2) is 0 Å². The molecule has 0 amide bonds. The molecule has 0 aromatic rings. The van der Waals surface area contributed by atoms with E-state index < -0.39 is 0 Å². The number of β-amino-alcohol motifs (C(OH)–C–C–N with tert-alkyl or cyclic N) is 1. The van der Waals surface area contributed by atoms with E-state index in [9.17, 15) is 5.11 Å². The summed E-state index contributed by atoms with van der Waals surface area (Å²) < 4.78 is 0. The molecule has 0 bridgehead atoms. The van der Waals surface area contributed by atoms with Gasteiger partial charge in [-0.05, 0) is 33.2 Å². The largest absolute Gasteiger partial charge is 0.392 e. The molecule has 0 aromatic carbocycles. The van der Waals surface area contributed by atoms with Gasteiger partial charge < -0.3 is 5.11 Å². The summed E-state index contributed by atoms with van der Waals surface area (Å²) in [6, 6.07) is 0. The first-order valence-electron chi connectivity index (χ1n) is 4.74. The molecular weight excluding hydrogens is 150 g/mol. The summed E-state index contributed by atoms with van der Waals surface area (Å²) >= 11 is 0. The molecule has 1 rings (SSSR count). The molecule has 0 aromatic heterocycles. The molecular formula is C10H19NO. The van der Waals surface area contributed by atoms with Crippen LogP contribution in [-0.2, 0) is 0 Å². The first kappa shape index (κ1) is 9.75. The van der Waals surface area contributed by atoms with Crippen LogP contribution in [0.1, 0.15) is 26.7 Å². The van der Waals surface area contributed by atoms with Crippen molar-refractivity contribution < 1.29 is 5.11 Å². The minimum atomic E-state index is -0.0941. The number of likely N-dealkylation sites (tertiary alicyclic amines) is 1. The summed E-state index contributed by atoms with van der Waals surface area (Å²) in [5, 5.41) is 9.40. The van der Waals surface area contributed by atoms with Gasteiger partial charge in [0.15, 0.2) is 0 Å². The summed E-state index contributed by atoms with van der Waals surface area (Å²) in [7, 11) is 0. The standard InChI is InChI=1S/C10H19NO/c1-3-9(2)7-11-6-4-5-10(12)8-11/h3,10,12H,4-8H2,1-2H3/b9-3+/t10-/m0/s1. The summed E-state index contributed by atoms with van der Waals surface area (Å²) in [4.78, 5) is 2.32. The van der Waals surface area contributed by atoms with Gasteiger partial charge in [0.05, 0.1) is 6.10 Å². The molecule has 0 aliphatic carbocycles. The number of piperidine rings is 1. The van der Waals surface area contributed by atoms with E-state index in [1.165, 1.54) is 5.57 Å².